The number of fused-ring (bicyclic) bond motifs is 1. The second kappa shape index (κ2) is 7.32. The maximum Gasteiger partial charge on any atom is 0.355 e. The van der Waals surface area contributed by atoms with Gasteiger partial charge in [0.2, 0.25) is 5.91 Å². The highest BCUT2D eigenvalue weighted by Gasteiger charge is 2.59. The number of methoxy groups -OCH3 is 2. The summed E-state index contributed by atoms with van der Waals surface area (Å²) in [7, 11) is 2.70. The molecule has 2 heterocycles. The number of esters is 1. The van der Waals surface area contributed by atoms with Crippen LogP contribution in [0.25, 0.3) is 0 Å². The Bertz CT molecular complexity index is 1040. The molecule has 1 fully saturated rings. The summed E-state index contributed by atoms with van der Waals surface area (Å²) in [4.78, 5) is 39.9. The van der Waals surface area contributed by atoms with Crippen molar-refractivity contribution in [1.29, 1.82) is 0 Å². The third-order valence-corrected chi connectivity index (χ3v) is 5.39. The molecule has 2 amide bonds. The summed E-state index contributed by atoms with van der Waals surface area (Å²) >= 11 is 3.34. The fourth-order valence-corrected chi connectivity index (χ4v) is 3.81. The maximum atomic E-state index is 13.3. The van der Waals surface area contributed by atoms with Crippen molar-refractivity contribution in [2.75, 3.05) is 24.1 Å². The molecule has 0 N–H and O–H groups in total. The first kappa shape index (κ1) is 19.1. The molecular formula is C20H16BrN3O5. The van der Waals surface area contributed by atoms with Crippen LogP contribution >= 0.6 is 15.9 Å². The number of benzene rings is 2. The molecule has 4 rings (SSSR count). The standard InChI is InChI=1S/C20H16BrN3O5/c1-28-14-6-4-3-5-13(14)24-17-15(16(22-24)20(27)29-2)18(25)23(19(17)26)12-9-7-11(21)8-10-12/h3-10,15,17H,1-2H3. The second-order valence-electron chi connectivity index (χ2n) is 6.40. The number of hydrogen-bond donors (Lipinski definition) is 0. The van der Waals surface area contributed by atoms with E-state index < -0.39 is 29.7 Å². The zero-order valence-corrected chi connectivity index (χ0v) is 17.1. The highest BCUT2D eigenvalue weighted by Crippen LogP contribution is 2.41. The number of para-hydroxylation sites is 2. The maximum absolute atomic E-state index is 13.3. The number of nitrogens with zero attached hydrogens (tertiary/aromatic N) is 3. The minimum atomic E-state index is -1.07. The van der Waals surface area contributed by atoms with E-state index in [2.05, 4.69) is 21.0 Å². The number of carbonyl (C=O) groups excluding carboxylic acids is 3. The molecule has 2 aliphatic heterocycles. The summed E-state index contributed by atoms with van der Waals surface area (Å²) in [5.41, 5.74) is 0.783. The van der Waals surface area contributed by atoms with Crippen molar-refractivity contribution in [3.8, 4) is 5.75 Å². The molecule has 0 spiro atoms. The van der Waals surface area contributed by atoms with Gasteiger partial charge in [0.05, 0.1) is 19.9 Å². The highest BCUT2D eigenvalue weighted by atomic mass is 79.9. The van der Waals surface area contributed by atoms with Crippen molar-refractivity contribution >= 4 is 50.8 Å². The molecule has 29 heavy (non-hydrogen) atoms. The van der Waals surface area contributed by atoms with E-state index in [-0.39, 0.29) is 5.71 Å². The number of hydrogen-bond acceptors (Lipinski definition) is 7. The Morgan fingerprint density at radius 3 is 2.38 bits per heavy atom. The largest absolute Gasteiger partial charge is 0.495 e. The Hall–Kier alpha value is -3.20. The average molecular weight is 458 g/mol. The third-order valence-electron chi connectivity index (χ3n) is 4.86. The fourth-order valence-electron chi connectivity index (χ4n) is 3.55. The SMILES string of the molecule is COC(=O)C1=NN(c2ccccc2OC)C2C(=O)N(c3ccc(Br)cc3)C(=O)C12. The fraction of sp³-hybridized carbons (Fsp3) is 0.200. The van der Waals surface area contributed by atoms with Crippen LogP contribution in [0.4, 0.5) is 11.4 Å². The van der Waals surface area contributed by atoms with Crippen molar-refractivity contribution in [3.05, 3.63) is 53.0 Å². The zero-order chi connectivity index (χ0) is 20.7. The van der Waals surface area contributed by atoms with Gasteiger partial charge in [-0.3, -0.25) is 9.59 Å². The van der Waals surface area contributed by atoms with Crippen LogP contribution in [0.15, 0.2) is 58.1 Å². The van der Waals surface area contributed by atoms with Gasteiger partial charge in [-0.25, -0.2) is 14.7 Å². The van der Waals surface area contributed by atoms with E-state index >= 15 is 0 Å². The number of amides is 2. The monoisotopic (exact) mass is 457 g/mol. The van der Waals surface area contributed by atoms with Gasteiger partial charge in [-0.1, -0.05) is 28.1 Å². The molecule has 2 aromatic rings. The summed E-state index contributed by atoms with van der Waals surface area (Å²) in [6.45, 7) is 0. The second-order valence-corrected chi connectivity index (χ2v) is 7.32. The molecule has 0 saturated carbocycles. The molecule has 1 saturated heterocycles. The molecule has 0 aromatic heterocycles. The lowest BCUT2D eigenvalue weighted by Crippen LogP contribution is -2.39. The first-order valence-corrected chi connectivity index (χ1v) is 9.49. The van der Waals surface area contributed by atoms with Gasteiger partial charge < -0.3 is 9.47 Å². The molecule has 2 atom stereocenters. The number of rotatable bonds is 4. The van der Waals surface area contributed by atoms with E-state index in [1.165, 1.54) is 19.2 Å². The minimum absolute atomic E-state index is 0.110. The Morgan fingerprint density at radius 2 is 1.72 bits per heavy atom. The van der Waals surface area contributed by atoms with Gasteiger partial charge in [-0.05, 0) is 36.4 Å². The highest BCUT2D eigenvalue weighted by molar-refractivity contribution is 9.10. The lowest BCUT2D eigenvalue weighted by molar-refractivity contribution is -0.133. The zero-order valence-electron chi connectivity index (χ0n) is 15.5. The first-order valence-electron chi connectivity index (χ1n) is 8.70. The van der Waals surface area contributed by atoms with Crippen LogP contribution in [0.1, 0.15) is 0 Å². The van der Waals surface area contributed by atoms with Crippen LogP contribution in [0.2, 0.25) is 0 Å². The van der Waals surface area contributed by atoms with Crippen molar-refractivity contribution in [2.45, 2.75) is 6.04 Å². The summed E-state index contributed by atoms with van der Waals surface area (Å²) in [5, 5.41) is 5.65. The molecule has 8 nitrogen and oxygen atoms in total. The number of carbonyl (C=O) groups is 3. The van der Waals surface area contributed by atoms with Gasteiger partial charge >= 0.3 is 5.97 Å². The third kappa shape index (κ3) is 2.98. The number of halogens is 1. The average Bonchev–Trinajstić information content (AvgIpc) is 3.25. The molecule has 0 radical (unpaired) electrons. The summed E-state index contributed by atoms with van der Waals surface area (Å²) < 4.78 is 11.0. The van der Waals surface area contributed by atoms with Gasteiger partial charge in [-0.2, -0.15) is 5.10 Å². The molecule has 2 aliphatic rings. The Balaban J connectivity index is 1.83. The van der Waals surface area contributed by atoms with E-state index in [0.29, 0.717) is 17.1 Å². The normalized spacial score (nSPS) is 20.6. The summed E-state index contributed by atoms with van der Waals surface area (Å²) in [5.74, 6) is -2.36. The van der Waals surface area contributed by atoms with Gasteiger partial charge in [0.25, 0.3) is 5.91 Å². The van der Waals surface area contributed by atoms with Crippen molar-refractivity contribution < 1.29 is 23.9 Å². The van der Waals surface area contributed by atoms with E-state index in [9.17, 15) is 14.4 Å². The summed E-state index contributed by atoms with van der Waals surface area (Å²) in [6.07, 6.45) is 0. The van der Waals surface area contributed by atoms with Crippen molar-refractivity contribution in [3.63, 3.8) is 0 Å². The molecule has 2 aromatic carbocycles. The van der Waals surface area contributed by atoms with Crippen molar-refractivity contribution in [2.24, 2.45) is 11.0 Å². The van der Waals surface area contributed by atoms with Crippen LogP contribution in [-0.4, -0.2) is 43.8 Å². The van der Waals surface area contributed by atoms with Crippen molar-refractivity contribution in [1.82, 2.24) is 0 Å². The van der Waals surface area contributed by atoms with E-state index in [0.717, 1.165) is 9.37 Å². The molecule has 2 unspecified atom stereocenters. The number of imide groups is 1. The van der Waals surface area contributed by atoms with E-state index in [1.807, 2.05) is 0 Å². The van der Waals surface area contributed by atoms with Crippen LogP contribution in [-0.2, 0) is 19.1 Å². The van der Waals surface area contributed by atoms with E-state index in [1.54, 1.807) is 48.5 Å². The lowest BCUT2D eigenvalue weighted by atomic mass is 9.97. The topological polar surface area (TPSA) is 88.5 Å². The quantitative estimate of drug-likeness (QED) is 0.517. The molecule has 0 bridgehead atoms. The molecule has 9 heteroatoms. The van der Waals surface area contributed by atoms with E-state index in [4.69, 9.17) is 9.47 Å². The summed E-state index contributed by atoms with van der Waals surface area (Å²) in [6, 6.07) is 12.7. The smallest absolute Gasteiger partial charge is 0.355 e. The lowest BCUT2D eigenvalue weighted by Gasteiger charge is -2.23. The Kier molecular flexibility index (Phi) is 4.83. The Morgan fingerprint density at radius 1 is 1.03 bits per heavy atom. The number of hydrazone groups is 1. The molecule has 148 valence electrons. The molecular weight excluding hydrogens is 442 g/mol. The first-order chi connectivity index (χ1) is 14.0. The van der Waals surface area contributed by atoms with Gasteiger partial charge in [0.15, 0.2) is 5.71 Å². The molecule has 0 aliphatic carbocycles. The van der Waals surface area contributed by atoms with Crippen LogP contribution in [0.5, 0.6) is 5.75 Å². The predicted molar refractivity (Wildman–Crippen MR) is 109 cm³/mol. The van der Waals surface area contributed by atoms with Crippen LogP contribution < -0.4 is 14.6 Å². The predicted octanol–water partition coefficient (Wildman–Crippen LogP) is 2.36. The minimum Gasteiger partial charge on any atom is -0.495 e. The van der Waals surface area contributed by atoms with Crippen LogP contribution in [0.3, 0.4) is 0 Å². The van der Waals surface area contributed by atoms with Gasteiger partial charge in [0.1, 0.15) is 23.4 Å². The number of ether oxygens (including phenoxy) is 2. The number of anilines is 2. The van der Waals surface area contributed by atoms with Gasteiger partial charge in [-0.15, -0.1) is 0 Å². The Labute approximate surface area is 174 Å². The van der Waals surface area contributed by atoms with Crippen LogP contribution in [0, 0.1) is 5.92 Å². The van der Waals surface area contributed by atoms with Gasteiger partial charge in [0, 0.05) is 4.47 Å².